The van der Waals surface area contributed by atoms with Gasteiger partial charge in [0, 0.05) is 16.7 Å². The minimum Gasteiger partial charge on any atom is -0.394 e. The first-order valence-electron chi connectivity index (χ1n) is 8.25. The van der Waals surface area contributed by atoms with Gasteiger partial charge in [-0.15, -0.1) is 0 Å². The van der Waals surface area contributed by atoms with Crippen molar-refractivity contribution in [1.29, 1.82) is 0 Å². The molecule has 1 unspecified atom stereocenters. The van der Waals surface area contributed by atoms with Gasteiger partial charge in [0.05, 0.1) is 12.1 Å². The number of benzene rings is 2. The van der Waals surface area contributed by atoms with Gasteiger partial charge >= 0.3 is 0 Å². The van der Waals surface area contributed by atoms with Crippen molar-refractivity contribution < 1.29 is 14.7 Å². The predicted octanol–water partition coefficient (Wildman–Crippen LogP) is 2.79. The summed E-state index contributed by atoms with van der Waals surface area (Å²) >= 11 is 0. The summed E-state index contributed by atoms with van der Waals surface area (Å²) in [5.74, 6) is 0.0409. The molecule has 1 fully saturated rings. The van der Waals surface area contributed by atoms with Crippen molar-refractivity contribution in [2.45, 2.75) is 25.3 Å². The molecule has 4 nitrogen and oxygen atoms in total. The Labute approximate surface area is 140 Å². The lowest BCUT2D eigenvalue weighted by atomic mass is 9.95. The zero-order chi connectivity index (χ0) is 16.9. The van der Waals surface area contributed by atoms with Gasteiger partial charge in [0.25, 0.3) is 5.91 Å². The highest BCUT2D eigenvalue weighted by Gasteiger charge is 2.42. The van der Waals surface area contributed by atoms with Gasteiger partial charge in [-0.25, -0.2) is 0 Å². The van der Waals surface area contributed by atoms with Crippen LogP contribution in [0.25, 0.3) is 11.1 Å². The standard InChI is InChI=1S/C20H19NO3/c1-20(11-22,13-7-8-13)21-19(24)12-6-9-15-14-4-2-3-5-16(14)18(23)17(15)10-12/h2-6,9-10,13,22H,7-8,11H2,1H3,(H,21,24). The molecule has 1 saturated carbocycles. The van der Waals surface area contributed by atoms with Crippen LogP contribution in [0.3, 0.4) is 0 Å². The van der Waals surface area contributed by atoms with Gasteiger partial charge in [-0.1, -0.05) is 30.3 Å². The quantitative estimate of drug-likeness (QED) is 0.776. The van der Waals surface area contributed by atoms with E-state index in [-0.39, 0.29) is 18.3 Å². The van der Waals surface area contributed by atoms with E-state index in [9.17, 15) is 14.7 Å². The first-order valence-corrected chi connectivity index (χ1v) is 8.25. The zero-order valence-corrected chi connectivity index (χ0v) is 13.5. The Bertz CT molecular complexity index is 854. The molecule has 2 aromatic rings. The fourth-order valence-electron chi connectivity index (χ4n) is 3.49. The maximum atomic E-state index is 12.6. The third-order valence-electron chi connectivity index (χ3n) is 5.19. The Hall–Kier alpha value is -2.46. The Morgan fingerprint density at radius 2 is 1.79 bits per heavy atom. The molecule has 2 aliphatic rings. The van der Waals surface area contributed by atoms with Crippen LogP contribution in [-0.4, -0.2) is 28.9 Å². The summed E-state index contributed by atoms with van der Waals surface area (Å²) in [6, 6.07) is 12.7. The lowest BCUT2D eigenvalue weighted by Crippen LogP contribution is -2.50. The molecule has 2 aliphatic carbocycles. The van der Waals surface area contributed by atoms with E-state index in [0.29, 0.717) is 22.6 Å². The number of fused-ring (bicyclic) bond motifs is 3. The summed E-state index contributed by atoms with van der Waals surface area (Å²) in [5.41, 5.74) is 2.91. The summed E-state index contributed by atoms with van der Waals surface area (Å²) < 4.78 is 0. The van der Waals surface area contributed by atoms with E-state index in [4.69, 9.17) is 0 Å². The van der Waals surface area contributed by atoms with Crippen molar-refractivity contribution in [2.24, 2.45) is 5.92 Å². The lowest BCUT2D eigenvalue weighted by molar-refractivity contribution is 0.0824. The molecule has 0 radical (unpaired) electrons. The van der Waals surface area contributed by atoms with E-state index in [2.05, 4.69) is 5.32 Å². The Kier molecular flexibility index (Phi) is 3.32. The Balaban J connectivity index is 1.65. The smallest absolute Gasteiger partial charge is 0.251 e. The van der Waals surface area contributed by atoms with Gasteiger partial charge in [-0.2, -0.15) is 0 Å². The molecular weight excluding hydrogens is 302 g/mol. The third kappa shape index (κ3) is 2.26. The van der Waals surface area contributed by atoms with Crippen LogP contribution in [-0.2, 0) is 0 Å². The van der Waals surface area contributed by atoms with E-state index in [1.165, 1.54) is 0 Å². The maximum Gasteiger partial charge on any atom is 0.251 e. The molecule has 0 spiro atoms. The van der Waals surface area contributed by atoms with E-state index >= 15 is 0 Å². The minimum absolute atomic E-state index is 0.0395. The molecule has 0 aliphatic heterocycles. The molecule has 0 aromatic heterocycles. The number of carbonyl (C=O) groups is 2. The second-order valence-electron chi connectivity index (χ2n) is 6.94. The molecule has 1 atom stereocenters. The monoisotopic (exact) mass is 321 g/mol. The van der Waals surface area contributed by atoms with E-state index in [1.807, 2.05) is 37.3 Å². The SMILES string of the molecule is CC(CO)(NC(=O)c1ccc2c(c1)C(=O)c1ccccc1-2)C1CC1. The van der Waals surface area contributed by atoms with Crippen molar-refractivity contribution in [3.05, 3.63) is 59.2 Å². The first-order chi connectivity index (χ1) is 11.5. The molecule has 2 aromatic carbocycles. The average Bonchev–Trinajstić information content (AvgIpc) is 3.42. The molecule has 4 rings (SSSR count). The molecule has 24 heavy (non-hydrogen) atoms. The number of rotatable bonds is 4. The van der Waals surface area contributed by atoms with Crippen molar-refractivity contribution in [2.75, 3.05) is 6.61 Å². The first kappa shape index (κ1) is 15.1. The van der Waals surface area contributed by atoms with Gasteiger partial charge in [-0.3, -0.25) is 9.59 Å². The fraction of sp³-hybridized carbons (Fsp3) is 0.300. The highest BCUT2D eigenvalue weighted by molar-refractivity contribution is 6.22. The van der Waals surface area contributed by atoms with Gasteiger partial charge in [0.1, 0.15) is 0 Å². The molecule has 1 amide bonds. The number of nitrogens with one attached hydrogen (secondary N) is 1. The molecular formula is C20H19NO3. The van der Waals surface area contributed by atoms with Crippen molar-refractivity contribution >= 4 is 11.7 Å². The zero-order valence-electron chi connectivity index (χ0n) is 13.5. The van der Waals surface area contributed by atoms with Crippen LogP contribution in [0, 0.1) is 5.92 Å². The minimum atomic E-state index is -0.594. The van der Waals surface area contributed by atoms with Gasteiger partial charge < -0.3 is 10.4 Å². The van der Waals surface area contributed by atoms with E-state index in [0.717, 1.165) is 24.0 Å². The lowest BCUT2D eigenvalue weighted by Gasteiger charge is -2.28. The van der Waals surface area contributed by atoms with Crippen LogP contribution in [0.2, 0.25) is 0 Å². The Morgan fingerprint density at radius 3 is 2.46 bits per heavy atom. The summed E-state index contributed by atoms with van der Waals surface area (Å²) in [7, 11) is 0. The van der Waals surface area contributed by atoms with Crippen LogP contribution < -0.4 is 5.32 Å². The van der Waals surface area contributed by atoms with Gasteiger partial charge in [0.15, 0.2) is 5.78 Å². The van der Waals surface area contributed by atoms with E-state index in [1.54, 1.807) is 12.1 Å². The average molecular weight is 321 g/mol. The highest BCUT2D eigenvalue weighted by atomic mass is 16.3. The van der Waals surface area contributed by atoms with Crippen LogP contribution in [0.4, 0.5) is 0 Å². The summed E-state index contributed by atoms with van der Waals surface area (Å²) in [6.07, 6.45) is 2.05. The molecule has 0 saturated heterocycles. The summed E-state index contributed by atoms with van der Waals surface area (Å²) in [6.45, 7) is 1.79. The van der Waals surface area contributed by atoms with Crippen LogP contribution in [0.15, 0.2) is 42.5 Å². The van der Waals surface area contributed by atoms with Crippen LogP contribution in [0.1, 0.15) is 46.0 Å². The number of carbonyl (C=O) groups excluding carboxylic acids is 2. The second kappa shape index (κ2) is 5.28. The number of hydrogen-bond acceptors (Lipinski definition) is 3. The molecule has 122 valence electrons. The normalized spacial score (nSPS) is 17.8. The number of ketones is 1. The Morgan fingerprint density at radius 1 is 1.12 bits per heavy atom. The highest BCUT2D eigenvalue weighted by Crippen LogP contribution is 2.40. The molecule has 2 N–H and O–H groups in total. The number of hydrogen-bond donors (Lipinski definition) is 2. The number of aliphatic hydroxyl groups is 1. The molecule has 0 heterocycles. The van der Waals surface area contributed by atoms with Crippen molar-refractivity contribution in [1.82, 2.24) is 5.32 Å². The molecule has 0 bridgehead atoms. The molecule has 4 heteroatoms. The predicted molar refractivity (Wildman–Crippen MR) is 91.0 cm³/mol. The number of aliphatic hydroxyl groups excluding tert-OH is 1. The van der Waals surface area contributed by atoms with Gasteiger partial charge in [0.2, 0.25) is 0 Å². The second-order valence-corrected chi connectivity index (χ2v) is 6.94. The van der Waals surface area contributed by atoms with E-state index < -0.39 is 5.54 Å². The topological polar surface area (TPSA) is 66.4 Å². The van der Waals surface area contributed by atoms with Crippen molar-refractivity contribution in [3.63, 3.8) is 0 Å². The summed E-state index contributed by atoms with van der Waals surface area (Å²) in [4.78, 5) is 25.1. The van der Waals surface area contributed by atoms with Crippen LogP contribution in [0.5, 0.6) is 0 Å². The largest absolute Gasteiger partial charge is 0.394 e. The summed E-state index contributed by atoms with van der Waals surface area (Å²) in [5, 5.41) is 12.6. The fourth-order valence-corrected chi connectivity index (χ4v) is 3.49. The third-order valence-corrected chi connectivity index (χ3v) is 5.19. The van der Waals surface area contributed by atoms with Crippen molar-refractivity contribution in [3.8, 4) is 11.1 Å². The van der Waals surface area contributed by atoms with Crippen LogP contribution >= 0.6 is 0 Å². The number of amides is 1. The van der Waals surface area contributed by atoms with Gasteiger partial charge in [-0.05, 0) is 48.9 Å². The maximum absolute atomic E-state index is 12.6.